The Kier molecular flexibility index (Phi) is 4.34. The predicted octanol–water partition coefficient (Wildman–Crippen LogP) is 3.39. The molecule has 5 rings (SSSR count). The summed E-state index contributed by atoms with van der Waals surface area (Å²) in [6.45, 7) is 2.04. The largest absolute Gasteiger partial charge is 0.366 e. The van der Waals surface area contributed by atoms with Crippen LogP contribution in [0.25, 0.3) is 5.65 Å². The lowest BCUT2D eigenvalue weighted by atomic mass is 10.1. The van der Waals surface area contributed by atoms with Crippen LogP contribution in [0, 0.1) is 11.3 Å². The molecular formula is C21H23N7. The maximum absolute atomic E-state index is 9.18. The summed E-state index contributed by atoms with van der Waals surface area (Å²) in [5.41, 5.74) is 3.62. The van der Waals surface area contributed by atoms with E-state index in [1.807, 2.05) is 35.0 Å². The molecule has 2 fully saturated rings. The molecule has 1 aromatic carbocycles. The van der Waals surface area contributed by atoms with Gasteiger partial charge in [0.1, 0.15) is 11.6 Å². The standard InChI is InChI=1S/C21H23N7/c22-11-14-3-1-4-16(9-14)26-20-10-19(25-17-5-2-8-23-12-17)27-21-18(15-6-7-15)13-24-28(20)21/h1,3-4,9-10,13,15,17,23,26H,2,5-8,12H2,(H,25,27)/t17-/m0/s1. The number of hydrogen-bond acceptors (Lipinski definition) is 6. The maximum Gasteiger partial charge on any atom is 0.163 e. The van der Waals surface area contributed by atoms with Crippen LogP contribution >= 0.6 is 0 Å². The van der Waals surface area contributed by atoms with Crippen molar-refractivity contribution in [1.82, 2.24) is 19.9 Å². The van der Waals surface area contributed by atoms with E-state index in [9.17, 15) is 5.26 Å². The third-order valence-corrected chi connectivity index (χ3v) is 5.43. The van der Waals surface area contributed by atoms with Crippen LogP contribution in [-0.4, -0.2) is 33.7 Å². The fraction of sp³-hybridized carbons (Fsp3) is 0.381. The number of rotatable bonds is 5. The molecule has 3 aromatic rings. The number of nitrogens with zero attached hydrogens (tertiary/aromatic N) is 4. The summed E-state index contributed by atoms with van der Waals surface area (Å²) in [5, 5.41) is 24.2. The summed E-state index contributed by atoms with van der Waals surface area (Å²) in [6, 6.07) is 12.1. The third kappa shape index (κ3) is 3.39. The molecule has 3 heterocycles. The first-order valence-corrected chi connectivity index (χ1v) is 9.93. The quantitative estimate of drug-likeness (QED) is 0.635. The number of nitrogens with one attached hydrogen (secondary N) is 3. The highest BCUT2D eigenvalue weighted by Gasteiger charge is 2.28. The van der Waals surface area contributed by atoms with E-state index in [0.717, 1.165) is 42.5 Å². The van der Waals surface area contributed by atoms with Gasteiger partial charge in [0.25, 0.3) is 0 Å². The van der Waals surface area contributed by atoms with E-state index < -0.39 is 0 Å². The highest BCUT2D eigenvalue weighted by molar-refractivity contribution is 5.67. The van der Waals surface area contributed by atoms with E-state index in [-0.39, 0.29) is 0 Å². The summed E-state index contributed by atoms with van der Waals surface area (Å²) in [4.78, 5) is 4.90. The van der Waals surface area contributed by atoms with Crippen LogP contribution in [-0.2, 0) is 0 Å². The molecular weight excluding hydrogens is 350 g/mol. The first kappa shape index (κ1) is 17.0. The minimum absolute atomic E-state index is 0.380. The van der Waals surface area contributed by atoms with Crippen LogP contribution < -0.4 is 16.0 Å². The zero-order valence-electron chi connectivity index (χ0n) is 15.7. The lowest BCUT2D eigenvalue weighted by Gasteiger charge is -2.24. The topological polar surface area (TPSA) is 90.1 Å². The summed E-state index contributed by atoms with van der Waals surface area (Å²) in [5.74, 6) is 2.28. The van der Waals surface area contributed by atoms with Gasteiger partial charge in [0.15, 0.2) is 5.65 Å². The van der Waals surface area contributed by atoms with Crippen molar-refractivity contribution in [2.45, 2.75) is 37.6 Å². The smallest absolute Gasteiger partial charge is 0.163 e. The fourth-order valence-electron chi connectivity index (χ4n) is 3.82. The van der Waals surface area contributed by atoms with E-state index in [1.54, 1.807) is 6.07 Å². The lowest BCUT2D eigenvalue weighted by molar-refractivity contribution is 0.479. The highest BCUT2D eigenvalue weighted by Crippen LogP contribution is 2.42. The molecule has 142 valence electrons. The van der Waals surface area contributed by atoms with Crippen LogP contribution in [0.5, 0.6) is 0 Å². The van der Waals surface area contributed by atoms with Crippen molar-refractivity contribution in [3.63, 3.8) is 0 Å². The monoisotopic (exact) mass is 373 g/mol. The van der Waals surface area contributed by atoms with Crippen LogP contribution in [0.3, 0.4) is 0 Å². The average molecular weight is 373 g/mol. The second kappa shape index (κ2) is 7.13. The van der Waals surface area contributed by atoms with Gasteiger partial charge in [-0.15, -0.1) is 0 Å². The summed E-state index contributed by atoms with van der Waals surface area (Å²) in [6.07, 6.45) is 6.68. The Balaban J connectivity index is 1.52. The minimum atomic E-state index is 0.380. The average Bonchev–Trinajstić information content (AvgIpc) is 3.48. The molecule has 28 heavy (non-hydrogen) atoms. The second-order valence-corrected chi connectivity index (χ2v) is 7.64. The summed E-state index contributed by atoms with van der Waals surface area (Å²) < 4.78 is 1.87. The minimum Gasteiger partial charge on any atom is -0.366 e. The first-order valence-electron chi connectivity index (χ1n) is 9.93. The van der Waals surface area contributed by atoms with E-state index in [0.29, 0.717) is 17.5 Å². The van der Waals surface area contributed by atoms with Gasteiger partial charge < -0.3 is 16.0 Å². The Bertz CT molecular complexity index is 1040. The van der Waals surface area contributed by atoms with Crippen molar-refractivity contribution in [2.75, 3.05) is 23.7 Å². The molecule has 0 amide bonds. The molecule has 0 bridgehead atoms. The van der Waals surface area contributed by atoms with Crippen LogP contribution in [0.1, 0.15) is 42.7 Å². The summed E-state index contributed by atoms with van der Waals surface area (Å²) >= 11 is 0. The molecule has 1 saturated heterocycles. The van der Waals surface area contributed by atoms with Gasteiger partial charge in [-0.3, -0.25) is 0 Å². The maximum atomic E-state index is 9.18. The molecule has 0 radical (unpaired) electrons. The third-order valence-electron chi connectivity index (χ3n) is 5.43. The van der Waals surface area contributed by atoms with Crippen molar-refractivity contribution in [3.8, 4) is 6.07 Å². The highest BCUT2D eigenvalue weighted by atomic mass is 15.3. The lowest BCUT2D eigenvalue weighted by Crippen LogP contribution is -2.38. The number of anilines is 3. The Hall–Kier alpha value is -3.11. The van der Waals surface area contributed by atoms with E-state index >= 15 is 0 Å². The van der Waals surface area contributed by atoms with Crippen molar-refractivity contribution < 1.29 is 0 Å². The van der Waals surface area contributed by atoms with Gasteiger partial charge in [0.05, 0.1) is 17.8 Å². The number of benzene rings is 1. The molecule has 2 aromatic heterocycles. The fourth-order valence-corrected chi connectivity index (χ4v) is 3.82. The van der Waals surface area contributed by atoms with Gasteiger partial charge in [-0.25, -0.2) is 4.98 Å². The molecule has 7 heteroatoms. The zero-order chi connectivity index (χ0) is 18.9. The van der Waals surface area contributed by atoms with E-state index in [2.05, 4.69) is 27.1 Å². The van der Waals surface area contributed by atoms with E-state index in [4.69, 9.17) is 4.98 Å². The molecule has 0 unspecified atom stereocenters. The Morgan fingerprint density at radius 2 is 2.14 bits per heavy atom. The van der Waals surface area contributed by atoms with Crippen LogP contribution in [0.15, 0.2) is 36.5 Å². The molecule has 1 atom stereocenters. The number of hydrogen-bond donors (Lipinski definition) is 3. The van der Waals surface area contributed by atoms with Gasteiger partial charge in [0, 0.05) is 29.9 Å². The van der Waals surface area contributed by atoms with Crippen LogP contribution in [0.2, 0.25) is 0 Å². The SMILES string of the molecule is N#Cc1cccc(Nc2cc(N[C@H]3CCCNC3)nc3c(C4CC4)cnn23)c1. The van der Waals surface area contributed by atoms with Crippen molar-refractivity contribution >= 4 is 23.0 Å². The Morgan fingerprint density at radius 1 is 1.21 bits per heavy atom. The Labute approximate surface area is 163 Å². The van der Waals surface area contributed by atoms with E-state index in [1.165, 1.54) is 24.8 Å². The van der Waals surface area contributed by atoms with Crippen molar-refractivity contribution in [1.29, 1.82) is 5.26 Å². The number of piperidine rings is 1. The molecule has 1 aliphatic heterocycles. The molecule has 1 aliphatic carbocycles. The van der Waals surface area contributed by atoms with Gasteiger partial charge in [-0.05, 0) is 56.3 Å². The molecule has 0 spiro atoms. The van der Waals surface area contributed by atoms with Gasteiger partial charge >= 0.3 is 0 Å². The normalized spacial score (nSPS) is 19.3. The van der Waals surface area contributed by atoms with Gasteiger partial charge in [-0.2, -0.15) is 14.9 Å². The molecule has 7 nitrogen and oxygen atoms in total. The zero-order valence-corrected chi connectivity index (χ0v) is 15.7. The number of fused-ring (bicyclic) bond motifs is 1. The van der Waals surface area contributed by atoms with Gasteiger partial charge in [-0.1, -0.05) is 6.07 Å². The predicted molar refractivity (Wildman–Crippen MR) is 109 cm³/mol. The van der Waals surface area contributed by atoms with Crippen molar-refractivity contribution in [2.24, 2.45) is 0 Å². The summed E-state index contributed by atoms with van der Waals surface area (Å²) in [7, 11) is 0. The molecule has 1 saturated carbocycles. The number of aromatic nitrogens is 3. The second-order valence-electron chi connectivity index (χ2n) is 7.64. The molecule has 3 N–H and O–H groups in total. The van der Waals surface area contributed by atoms with Crippen LogP contribution in [0.4, 0.5) is 17.3 Å². The molecule has 2 aliphatic rings. The first-order chi connectivity index (χ1) is 13.8. The van der Waals surface area contributed by atoms with Gasteiger partial charge in [0.2, 0.25) is 0 Å². The number of nitriles is 1. The van der Waals surface area contributed by atoms with Crippen molar-refractivity contribution in [3.05, 3.63) is 47.7 Å². The Morgan fingerprint density at radius 3 is 2.93 bits per heavy atom.